The van der Waals surface area contributed by atoms with Gasteiger partial charge in [0.15, 0.2) is 11.5 Å². The molecule has 0 spiro atoms. The summed E-state index contributed by atoms with van der Waals surface area (Å²) < 4.78 is 10.5. The highest BCUT2D eigenvalue weighted by Gasteiger charge is 2.19. The van der Waals surface area contributed by atoms with Gasteiger partial charge in [0.25, 0.3) is 5.91 Å². The smallest absolute Gasteiger partial charge is 0.323 e. The van der Waals surface area contributed by atoms with E-state index < -0.39 is 0 Å². The number of carbonyl (C=O) groups excluding carboxylic acids is 2. The first-order valence-corrected chi connectivity index (χ1v) is 8.56. The Hall–Kier alpha value is -3.22. The molecule has 0 aromatic heterocycles. The van der Waals surface area contributed by atoms with E-state index in [1.807, 2.05) is 4.90 Å². The van der Waals surface area contributed by atoms with Crippen LogP contribution >= 0.6 is 0 Å². The van der Waals surface area contributed by atoms with Crippen molar-refractivity contribution in [3.63, 3.8) is 0 Å². The zero-order chi connectivity index (χ0) is 17.9. The Morgan fingerprint density at radius 3 is 2.27 bits per heavy atom. The van der Waals surface area contributed by atoms with Crippen LogP contribution in [0.25, 0.3) is 0 Å². The second-order valence-corrected chi connectivity index (χ2v) is 6.22. The third-order valence-electron chi connectivity index (χ3n) is 4.41. The van der Waals surface area contributed by atoms with Gasteiger partial charge in [-0.2, -0.15) is 0 Å². The largest absolute Gasteiger partial charge is 0.454 e. The maximum absolute atomic E-state index is 12.3. The summed E-state index contributed by atoms with van der Waals surface area (Å²) in [7, 11) is 0. The van der Waals surface area contributed by atoms with E-state index in [9.17, 15) is 9.59 Å². The van der Waals surface area contributed by atoms with Gasteiger partial charge in [0.1, 0.15) is 0 Å². The Kier molecular flexibility index (Phi) is 4.35. The summed E-state index contributed by atoms with van der Waals surface area (Å²) in [4.78, 5) is 26.3. The van der Waals surface area contributed by atoms with Crippen molar-refractivity contribution in [2.45, 2.75) is 12.8 Å². The van der Waals surface area contributed by atoms with Gasteiger partial charge in [-0.15, -0.1) is 0 Å². The van der Waals surface area contributed by atoms with Gasteiger partial charge in [0.05, 0.1) is 0 Å². The molecule has 0 atom stereocenters. The van der Waals surface area contributed by atoms with Crippen LogP contribution in [0.15, 0.2) is 42.5 Å². The van der Waals surface area contributed by atoms with Crippen LogP contribution in [0.5, 0.6) is 11.5 Å². The first-order chi connectivity index (χ1) is 12.7. The number of benzene rings is 2. The second-order valence-electron chi connectivity index (χ2n) is 6.22. The van der Waals surface area contributed by atoms with Crippen LogP contribution in [0.1, 0.15) is 23.2 Å². The molecule has 7 heteroatoms. The maximum Gasteiger partial charge on any atom is 0.323 e. The monoisotopic (exact) mass is 353 g/mol. The Morgan fingerprint density at radius 2 is 1.50 bits per heavy atom. The first-order valence-electron chi connectivity index (χ1n) is 8.56. The van der Waals surface area contributed by atoms with Gasteiger partial charge in [-0.25, -0.2) is 4.79 Å². The van der Waals surface area contributed by atoms with Gasteiger partial charge < -0.3 is 25.0 Å². The molecule has 0 unspecified atom stereocenters. The minimum atomic E-state index is -0.373. The predicted octanol–water partition coefficient (Wildman–Crippen LogP) is 3.30. The lowest BCUT2D eigenvalue weighted by Crippen LogP contribution is -2.27. The highest BCUT2D eigenvalue weighted by atomic mass is 16.7. The van der Waals surface area contributed by atoms with Crippen molar-refractivity contribution in [2.75, 3.05) is 30.5 Å². The minimum absolute atomic E-state index is 0.0406. The molecular weight excluding hydrogens is 334 g/mol. The number of likely N-dealkylation sites (tertiary alicyclic amines) is 1. The molecule has 2 aromatic rings. The number of anilines is 2. The molecule has 4 rings (SSSR count). The van der Waals surface area contributed by atoms with E-state index in [4.69, 9.17) is 9.47 Å². The molecule has 134 valence electrons. The minimum Gasteiger partial charge on any atom is -0.454 e. The standard InChI is InChI=1S/C19H19N3O4/c23-18(22-9-1-2-10-22)13-3-5-14(6-4-13)20-19(24)21-15-7-8-16-17(11-15)26-12-25-16/h3-8,11H,1-2,9-10,12H2,(H2,20,21,24). The molecule has 0 aliphatic carbocycles. The topological polar surface area (TPSA) is 79.9 Å². The second kappa shape index (κ2) is 6.95. The fourth-order valence-electron chi connectivity index (χ4n) is 3.07. The van der Waals surface area contributed by atoms with E-state index in [0.717, 1.165) is 25.9 Å². The van der Waals surface area contributed by atoms with Crippen LogP contribution < -0.4 is 20.1 Å². The molecular formula is C19H19N3O4. The lowest BCUT2D eigenvalue weighted by Gasteiger charge is -2.15. The van der Waals surface area contributed by atoms with Crippen molar-refractivity contribution < 1.29 is 19.1 Å². The molecule has 7 nitrogen and oxygen atoms in total. The van der Waals surface area contributed by atoms with Crippen molar-refractivity contribution in [3.05, 3.63) is 48.0 Å². The average Bonchev–Trinajstić information content (AvgIpc) is 3.33. The fourth-order valence-corrected chi connectivity index (χ4v) is 3.07. The molecule has 2 N–H and O–H groups in total. The van der Waals surface area contributed by atoms with Crippen molar-refractivity contribution in [1.82, 2.24) is 4.90 Å². The van der Waals surface area contributed by atoms with Gasteiger partial charge in [-0.1, -0.05) is 0 Å². The van der Waals surface area contributed by atoms with Crippen LogP contribution in [0.3, 0.4) is 0 Å². The lowest BCUT2D eigenvalue weighted by molar-refractivity contribution is 0.0793. The summed E-state index contributed by atoms with van der Waals surface area (Å²) in [6.07, 6.45) is 2.12. The number of fused-ring (bicyclic) bond motifs is 1. The molecule has 0 saturated carbocycles. The third kappa shape index (κ3) is 3.42. The summed E-state index contributed by atoms with van der Waals surface area (Å²) in [5, 5.41) is 5.49. The van der Waals surface area contributed by atoms with Crippen LogP contribution in [0, 0.1) is 0 Å². The van der Waals surface area contributed by atoms with Crippen LogP contribution in [0.2, 0.25) is 0 Å². The molecule has 3 amide bonds. The Bertz CT molecular complexity index is 829. The zero-order valence-electron chi connectivity index (χ0n) is 14.2. The Morgan fingerprint density at radius 1 is 0.846 bits per heavy atom. The number of hydrogen-bond acceptors (Lipinski definition) is 4. The number of hydrogen-bond donors (Lipinski definition) is 2. The normalized spacial score (nSPS) is 15.0. The van der Waals surface area contributed by atoms with E-state index >= 15 is 0 Å². The van der Waals surface area contributed by atoms with Crippen molar-refractivity contribution in [2.24, 2.45) is 0 Å². The summed E-state index contributed by atoms with van der Waals surface area (Å²) in [5.41, 5.74) is 1.85. The van der Waals surface area contributed by atoms with E-state index in [0.29, 0.717) is 28.4 Å². The number of rotatable bonds is 3. The maximum atomic E-state index is 12.3. The molecule has 26 heavy (non-hydrogen) atoms. The molecule has 2 aromatic carbocycles. The van der Waals surface area contributed by atoms with E-state index in [2.05, 4.69) is 10.6 Å². The zero-order valence-corrected chi connectivity index (χ0v) is 14.2. The van der Waals surface area contributed by atoms with Gasteiger partial charge in [0.2, 0.25) is 6.79 Å². The summed E-state index contributed by atoms with van der Waals surface area (Å²) in [5.74, 6) is 1.31. The summed E-state index contributed by atoms with van der Waals surface area (Å²) in [6, 6.07) is 11.7. The number of nitrogens with one attached hydrogen (secondary N) is 2. The molecule has 2 aliphatic heterocycles. The van der Waals surface area contributed by atoms with E-state index in [1.54, 1.807) is 42.5 Å². The van der Waals surface area contributed by atoms with Crippen LogP contribution in [-0.2, 0) is 0 Å². The predicted molar refractivity (Wildman–Crippen MR) is 96.8 cm³/mol. The lowest BCUT2D eigenvalue weighted by atomic mass is 10.2. The van der Waals surface area contributed by atoms with Gasteiger partial charge in [-0.05, 0) is 49.2 Å². The molecule has 0 radical (unpaired) electrons. The number of carbonyl (C=O) groups is 2. The van der Waals surface area contributed by atoms with Gasteiger partial charge >= 0.3 is 6.03 Å². The first kappa shape index (κ1) is 16.3. The summed E-state index contributed by atoms with van der Waals surface area (Å²) >= 11 is 0. The number of ether oxygens (including phenoxy) is 2. The van der Waals surface area contributed by atoms with Gasteiger partial charge in [0, 0.05) is 36.1 Å². The number of nitrogens with zero attached hydrogens (tertiary/aromatic N) is 1. The average molecular weight is 353 g/mol. The molecule has 2 heterocycles. The fraction of sp³-hybridized carbons (Fsp3) is 0.263. The van der Waals surface area contributed by atoms with Gasteiger partial charge in [-0.3, -0.25) is 4.79 Å². The Balaban J connectivity index is 1.36. The molecule has 0 bridgehead atoms. The van der Waals surface area contributed by atoms with Crippen molar-refractivity contribution in [1.29, 1.82) is 0 Å². The van der Waals surface area contributed by atoms with Crippen molar-refractivity contribution >= 4 is 23.3 Å². The molecule has 1 fully saturated rings. The highest BCUT2D eigenvalue weighted by Crippen LogP contribution is 2.34. The quantitative estimate of drug-likeness (QED) is 0.887. The van der Waals surface area contributed by atoms with E-state index in [-0.39, 0.29) is 18.7 Å². The number of amides is 3. The van der Waals surface area contributed by atoms with Crippen molar-refractivity contribution in [3.8, 4) is 11.5 Å². The highest BCUT2D eigenvalue weighted by molar-refractivity contribution is 6.00. The van der Waals surface area contributed by atoms with Crippen LogP contribution in [-0.4, -0.2) is 36.7 Å². The van der Waals surface area contributed by atoms with Crippen LogP contribution in [0.4, 0.5) is 16.2 Å². The summed E-state index contributed by atoms with van der Waals surface area (Å²) in [6.45, 7) is 1.82. The van der Waals surface area contributed by atoms with E-state index in [1.165, 1.54) is 0 Å². The molecule has 2 aliphatic rings. The number of urea groups is 1. The SMILES string of the molecule is O=C(Nc1ccc(C(=O)N2CCCC2)cc1)Nc1ccc2c(c1)OCO2. The molecule has 1 saturated heterocycles. The third-order valence-corrected chi connectivity index (χ3v) is 4.41. The Labute approximate surface area is 150 Å².